The van der Waals surface area contributed by atoms with Crippen molar-refractivity contribution in [1.82, 2.24) is 0 Å². The molecule has 7 aromatic carbocycles. The lowest BCUT2D eigenvalue weighted by Crippen LogP contribution is -2.29. The second-order valence-corrected chi connectivity index (χ2v) is 23.2. The normalized spacial score (nSPS) is 15.5. The smallest absolute Gasteiger partial charge is 0.0725 e. The maximum atomic E-state index is 2.71. The van der Waals surface area contributed by atoms with Crippen molar-refractivity contribution >= 4 is 17.1 Å². The van der Waals surface area contributed by atoms with Gasteiger partial charge in [0.2, 0.25) is 0 Å². The molecule has 0 saturated heterocycles. The van der Waals surface area contributed by atoms with E-state index < -0.39 is 0 Å². The number of benzene rings is 7. The Balaban J connectivity index is 1.09. The predicted octanol–water partition coefficient (Wildman–Crippen LogP) is 20.7. The molecule has 0 fully saturated rings. The van der Waals surface area contributed by atoms with Crippen LogP contribution in [0, 0.1) is 26.7 Å². The molecule has 0 saturated carbocycles. The molecule has 0 N–H and O–H groups in total. The average molecular weight is 952 g/mol. The van der Waals surface area contributed by atoms with Gasteiger partial charge in [-0.25, -0.2) is 0 Å². The molecule has 0 heterocycles. The highest BCUT2D eigenvalue weighted by Gasteiger charge is 2.52. The van der Waals surface area contributed by atoms with Crippen molar-refractivity contribution in [3.05, 3.63) is 207 Å². The molecule has 0 bridgehead atoms. The maximum Gasteiger partial charge on any atom is 0.0725 e. The van der Waals surface area contributed by atoms with Crippen LogP contribution in [0.4, 0.5) is 17.1 Å². The van der Waals surface area contributed by atoms with Crippen molar-refractivity contribution < 1.29 is 0 Å². The summed E-state index contributed by atoms with van der Waals surface area (Å²) < 4.78 is 0. The molecule has 4 unspecified atom stereocenters. The summed E-state index contributed by atoms with van der Waals surface area (Å²) in [5, 5.41) is 0. The largest absolute Gasteiger partial charge is 0.311 e. The van der Waals surface area contributed by atoms with Crippen LogP contribution in [-0.2, 0) is 22.7 Å². The fourth-order valence-electron chi connectivity index (χ4n) is 13.0. The molecular formula is C71H85N. The van der Waals surface area contributed by atoms with E-state index in [-0.39, 0.29) is 16.2 Å². The van der Waals surface area contributed by atoms with E-state index >= 15 is 0 Å². The van der Waals surface area contributed by atoms with Crippen molar-refractivity contribution in [1.29, 1.82) is 0 Å². The minimum atomic E-state index is -0.378. The number of hydrogen-bond donors (Lipinski definition) is 0. The molecule has 0 aliphatic heterocycles. The first-order chi connectivity index (χ1) is 34.8. The van der Waals surface area contributed by atoms with Crippen molar-refractivity contribution in [3.8, 4) is 22.3 Å². The summed E-state index contributed by atoms with van der Waals surface area (Å²) in [6.07, 6.45) is 15.8. The summed E-state index contributed by atoms with van der Waals surface area (Å²) in [5.74, 6) is 1.11. The molecule has 2 aliphatic rings. The van der Waals surface area contributed by atoms with Crippen LogP contribution in [-0.4, -0.2) is 0 Å². The van der Waals surface area contributed by atoms with Crippen LogP contribution >= 0.6 is 0 Å². The van der Waals surface area contributed by atoms with Crippen LogP contribution in [0.15, 0.2) is 146 Å². The zero-order chi connectivity index (χ0) is 50.8. The average Bonchev–Trinajstić information content (AvgIpc) is 3.85. The number of unbranched alkanes of at least 4 members (excludes halogenated alkanes) is 4. The topological polar surface area (TPSA) is 3.24 Å². The Morgan fingerprint density at radius 3 is 1.43 bits per heavy atom. The van der Waals surface area contributed by atoms with Gasteiger partial charge >= 0.3 is 0 Å². The molecule has 0 amide bonds. The third kappa shape index (κ3) is 9.56. The standard InChI is InChI=1S/C71H85N/c1-12-17-19-20-42-69(10,15-4)56-30-40-63-64-41-31-57(47-68(64)71(67(63)46-56)65-43-50(7)24-38-61(65)62-39-25-51(8)44-66(62)71)70(11,16-5)48-54(21-18-13-2)45-53-26-34-59(35-27-53)72(58-32-22-49(6)23-33-58)60-36-28-55(29-37-60)52(9)14-3/h22-41,43-44,46-47,52,54H,12-21,42,45,48H2,1-11H3. The Kier molecular flexibility index (Phi) is 15.3. The van der Waals surface area contributed by atoms with Crippen LogP contribution in [0.1, 0.15) is 200 Å². The molecule has 0 radical (unpaired) electrons. The summed E-state index contributed by atoms with van der Waals surface area (Å²) in [4.78, 5) is 2.42. The predicted molar refractivity (Wildman–Crippen MR) is 312 cm³/mol. The monoisotopic (exact) mass is 952 g/mol. The van der Waals surface area contributed by atoms with Crippen LogP contribution in [0.5, 0.6) is 0 Å². The third-order valence-corrected chi connectivity index (χ3v) is 18.2. The number of rotatable bonds is 21. The maximum absolute atomic E-state index is 2.71. The number of nitrogens with zero attached hydrogens (tertiary/aromatic N) is 1. The van der Waals surface area contributed by atoms with Crippen LogP contribution < -0.4 is 4.90 Å². The van der Waals surface area contributed by atoms with E-state index in [1.165, 1.54) is 152 Å². The highest BCUT2D eigenvalue weighted by Crippen LogP contribution is 2.64. The lowest BCUT2D eigenvalue weighted by Gasteiger charge is -2.36. The first kappa shape index (κ1) is 51.2. The minimum Gasteiger partial charge on any atom is -0.311 e. The molecule has 72 heavy (non-hydrogen) atoms. The van der Waals surface area contributed by atoms with Crippen molar-refractivity contribution in [2.75, 3.05) is 4.90 Å². The molecule has 2 aliphatic carbocycles. The summed E-state index contributed by atoms with van der Waals surface area (Å²) in [7, 11) is 0. The van der Waals surface area contributed by atoms with Crippen molar-refractivity contribution in [2.24, 2.45) is 5.92 Å². The van der Waals surface area contributed by atoms with Gasteiger partial charge in [-0.1, -0.05) is 226 Å². The van der Waals surface area contributed by atoms with Gasteiger partial charge in [0.15, 0.2) is 0 Å². The first-order valence-corrected chi connectivity index (χ1v) is 28.4. The van der Waals surface area contributed by atoms with E-state index in [4.69, 9.17) is 0 Å². The Hall–Kier alpha value is -5.66. The van der Waals surface area contributed by atoms with Gasteiger partial charge < -0.3 is 4.90 Å². The number of aryl methyl sites for hydroxylation is 3. The number of hydrogen-bond acceptors (Lipinski definition) is 1. The molecular weight excluding hydrogens is 867 g/mol. The molecule has 9 rings (SSSR count). The zero-order valence-corrected chi connectivity index (χ0v) is 46.2. The van der Waals surface area contributed by atoms with Gasteiger partial charge in [0, 0.05) is 17.1 Å². The van der Waals surface area contributed by atoms with Gasteiger partial charge in [0.1, 0.15) is 0 Å². The Morgan fingerprint density at radius 1 is 0.472 bits per heavy atom. The molecule has 1 spiro atoms. The highest BCUT2D eigenvalue weighted by atomic mass is 15.1. The molecule has 0 aromatic heterocycles. The molecule has 1 nitrogen and oxygen atoms in total. The molecule has 7 aromatic rings. The van der Waals surface area contributed by atoms with Crippen LogP contribution in [0.25, 0.3) is 22.3 Å². The lowest BCUT2D eigenvalue weighted by molar-refractivity contribution is 0.306. The highest BCUT2D eigenvalue weighted by molar-refractivity contribution is 5.95. The van der Waals surface area contributed by atoms with Gasteiger partial charge in [-0.3, -0.25) is 0 Å². The van der Waals surface area contributed by atoms with E-state index in [2.05, 4.69) is 227 Å². The lowest BCUT2D eigenvalue weighted by atomic mass is 9.66. The SMILES string of the molecule is CCCCCCC(C)(CC)c1ccc2c(c1)C1(c3cc(C)ccc3-c3ccc(C)cc31)c1cc(C(C)(CC)CC(CCCC)Cc3ccc(N(c4ccc(C)cc4)c4ccc(C(C)CC)cc4)cc3)ccc1-2. The second-order valence-electron chi connectivity index (χ2n) is 23.2. The van der Waals surface area contributed by atoms with E-state index in [0.29, 0.717) is 11.8 Å². The first-order valence-electron chi connectivity index (χ1n) is 28.4. The Bertz CT molecular complexity index is 2920. The van der Waals surface area contributed by atoms with Gasteiger partial charge in [-0.2, -0.15) is 0 Å². The third-order valence-electron chi connectivity index (χ3n) is 18.2. The minimum absolute atomic E-state index is 0.000917. The van der Waals surface area contributed by atoms with Crippen LogP contribution in [0.2, 0.25) is 0 Å². The number of fused-ring (bicyclic) bond motifs is 10. The fourth-order valence-corrected chi connectivity index (χ4v) is 13.0. The molecule has 374 valence electrons. The summed E-state index contributed by atoms with van der Waals surface area (Å²) >= 11 is 0. The second kappa shape index (κ2) is 21.4. The van der Waals surface area contributed by atoms with Gasteiger partial charge in [-0.15, -0.1) is 0 Å². The summed E-state index contributed by atoms with van der Waals surface area (Å²) in [6.45, 7) is 26.0. The quantitative estimate of drug-likeness (QED) is 0.0649. The van der Waals surface area contributed by atoms with Gasteiger partial charge in [0.05, 0.1) is 5.41 Å². The van der Waals surface area contributed by atoms with Crippen molar-refractivity contribution in [2.45, 2.75) is 182 Å². The van der Waals surface area contributed by atoms with E-state index in [9.17, 15) is 0 Å². The fraction of sp³-hybridized carbons (Fsp3) is 0.408. The van der Waals surface area contributed by atoms with E-state index in [1.807, 2.05) is 0 Å². The zero-order valence-electron chi connectivity index (χ0n) is 46.2. The van der Waals surface area contributed by atoms with Crippen molar-refractivity contribution in [3.63, 3.8) is 0 Å². The van der Waals surface area contributed by atoms with E-state index in [0.717, 1.165) is 32.1 Å². The van der Waals surface area contributed by atoms with Gasteiger partial charge in [-0.05, 0) is 185 Å². The Morgan fingerprint density at radius 2 is 0.931 bits per heavy atom. The Labute approximate surface area is 436 Å². The van der Waals surface area contributed by atoms with Gasteiger partial charge in [0.25, 0.3) is 0 Å². The summed E-state index contributed by atoms with van der Waals surface area (Å²) in [6, 6.07) is 57.9. The summed E-state index contributed by atoms with van der Waals surface area (Å²) in [5.41, 5.74) is 24.6. The molecule has 1 heteroatoms. The van der Waals surface area contributed by atoms with Crippen LogP contribution in [0.3, 0.4) is 0 Å². The number of anilines is 3. The van der Waals surface area contributed by atoms with E-state index in [1.54, 1.807) is 0 Å². The molecule has 4 atom stereocenters.